The van der Waals surface area contributed by atoms with Gasteiger partial charge in [-0.1, -0.05) is 5.16 Å². The van der Waals surface area contributed by atoms with Crippen LogP contribution in [-0.2, 0) is 0 Å². The molecule has 6 nitrogen and oxygen atoms in total. The molecule has 0 aromatic carbocycles. The van der Waals surface area contributed by atoms with Crippen molar-refractivity contribution in [3.8, 4) is 10.7 Å². The van der Waals surface area contributed by atoms with Crippen molar-refractivity contribution in [2.45, 2.75) is 26.3 Å². The Morgan fingerprint density at radius 3 is 2.88 bits per heavy atom. The smallest absolute Gasteiger partial charge is 0.256 e. The average Bonchev–Trinajstić information content (AvgIpc) is 3.15. The summed E-state index contributed by atoms with van der Waals surface area (Å²) in [6.45, 7) is 4.57. The number of carbonyl (C=O) groups is 1. The van der Waals surface area contributed by atoms with Gasteiger partial charge in [-0.25, -0.2) is 0 Å². The van der Waals surface area contributed by atoms with Gasteiger partial charge < -0.3 is 9.42 Å². The fourth-order valence-electron chi connectivity index (χ4n) is 2.78. The largest absolute Gasteiger partial charge is 0.337 e. The van der Waals surface area contributed by atoms with E-state index in [9.17, 15) is 4.79 Å². The third-order valence-corrected chi connectivity index (χ3v) is 5.20. The maximum atomic E-state index is 12.7. The number of aromatic nitrogens is 3. The molecule has 4 heterocycles. The Bertz CT molecular complexity index is 901. The van der Waals surface area contributed by atoms with E-state index in [2.05, 4.69) is 15.1 Å². The number of nitrogens with zero attached hydrogens (tertiary/aromatic N) is 4. The van der Waals surface area contributed by atoms with Crippen molar-refractivity contribution in [2.75, 3.05) is 6.54 Å². The van der Waals surface area contributed by atoms with Crippen molar-refractivity contribution in [1.82, 2.24) is 20.0 Å². The summed E-state index contributed by atoms with van der Waals surface area (Å²) in [5.41, 5.74) is 1.35. The summed E-state index contributed by atoms with van der Waals surface area (Å²) in [7, 11) is 0. The second kappa shape index (κ2) is 5.83. The van der Waals surface area contributed by atoms with Gasteiger partial charge in [-0.05, 0) is 44.5 Å². The second-order valence-corrected chi connectivity index (χ2v) is 7.09. The first-order valence-electron chi connectivity index (χ1n) is 7.76. The van der Waals surface area contributed by atoms with Gasteiger partial charge in [-0.3, -0.25) is 9.78 Å². The van der Waals surface area contributed by atoms with E-state index in [1.165, 1.54) is 4.88 Å². The molecule has 0 radical (unpaired) electrons. The number of hydrogen-bond acceptors (Lipinski definition) is 6. The Labute approximate surface area is 143 Å². The lowest BCUT2D eigenvalue weighted by Gasteiger charge is -2.38. The molecule has 4 rings (SSSR count). The van der Waals surface area contributed by atoms with Gasteiger partial charge in [0, 0.05) is 23.3 Å². The van der Waals surface area contributed by atoms with Gasteiger partial charge in [-0.2, -0.15) is 4.98 Å². The molecule has 0 N–H and O–H groups in total. The SMILES string of the molecule is Cc1ccc(-c2noc([C@@H]3CCN3C(=O)c3cccnc3C)n2)s1. The third kappa shape index (κ3) is 2.50. The van der Waals surface area contributed by atoms with Crippen molar-refractivity contribution in [1.29, 1.82) is 0 Å². The molecule has 3 aromatic heterocycles. The van der Waals surface area contributed by atoms with E-state index in [0.717, 1.165) is 17.0 Å². The van der Waals surface area contributed by atoms with E-state index in [4.69, 9.17) is 4.52 Å². The van der Waals surface area contributed by atoms with E-state index in [-0.39, 0.29) is 11.9 Å². The van der Waals surface area contributed by atoms with Gasteiger partial charge in [-0.15, -0.1) is 11.3 Å². The molecule has 1 saturated heterocycles. The standard InChI is InChI=1S/C17H16N4O2S/c1-10-5-6-14(24-10)15-19-16(23-20-15)13-7-9-21(13)17(22)12-4-3-8-18-11(12)2/h3-6,8,13H,7,9H2,1-2H3/t13-/m0/s1. The van der Waals surface area contributed by atoms with Crippen LogP contribution in [0.2, 0.25) is 0 Å². The van der Waals surface area contributed by atoms with E-state index in [0.29, 0.717) is 23.8 Å². The molecular formula is C17H16N4O2S. The molecule has 7 heteroatoms. The topological polar surface area (TPSA) is 72.1 Å². The molecule has 1 amide bonds. The molecule has 1 aliphatic heterocycles. The molecule has 1 fully saturated rings. The molecule has 0 aliphatic carbocycles. The van der Waals surface area contributed by atoms with Crippen LogP contribution >= 0.6 is 11.3 Å². The predicted molar refractivity (Wildman–Crippen MR) is 89.7 cm³/mol. The highest BCUT2D eigenvalue weighted by Gasteiger charge is 2.38. The van der Waals surface area contributed by atoms with Crippen molar-refractivity contribution < 1.29 is 9.32 Å². The Kier molecular flexibility index (Phi) is 3.65. The van der Waals surface area contributed by atoms with E-state index < -0.39 is 0 Å². The zero-order valence-corrected chi connectivity index (χ0v) is 14.2. The number of thiophene rings is 1. The van der Waals surface area contributed by atoms with E-state index in [1.54, 1.807) is 34.6 Å². The number of rotatable bonds is 3. The molecule has 24 heavy (non-hydrogen) atoms. The average molecular weight is 340 g/mol. The van der Waals surface area contributed by atoms with Gasteiger partial charge in [0.2, 0.25) is 11.7 Å². The molecule has 1 aliphatic rings. The Balaban J connectivity index is 1.56. The van der Waals surface area contributed by atoms with Crippen LogP contribution in [0.15, 0.2) is 35.0 Å². The molecule has 0 saturated carbocycles. The zero-order valence-electron chi connectivity index (χ0n) is 13.4. The molecule has 122 valence electrons. The van der Waals surface area contributed by atoms with E-state index in [1.807, 2.05) is 26.0 Å². The predicted octanol–water partition coefficient (Wildman–Crippen LogP) is 3.40. The number of likely N-dealkylation sites (tertiary alicyclic amines) is 1. The van der Waals surface area contributed by atoms with Crippen molar-refractivity contribution in [3.63, 3.8) is 0 Å². The summed E-state index contributed by atoms with van der Waals surface area (Å²) in [6.07, 6.45) is 2.52. The molecule has 0 unspecified atom stereocenters. The van der Waals surface area contributed by atoms with Crippen molar-refractivity contribution >= 4 is 17.2 Å². The third-order valence-electron chi connectivity index (χ3n) is 4.21. The number of carbonyl (C=O) groups excluding carboxylic acids is 1. The maximum absolute atomic E-state index is 12.7. The molecule has 0 bridgehead atoms. The quantitative estimate of drug-likeness (QED) is 0.731. The van der Waals surface area contributed by atoms with Gasteiger partial charge in [0.1, 0.15) is 6.04 Å². The lowest BCUT2D eigenvalue weighted by Crippen LogP contribution is -2.45. The molecular weight excluding hydrogens is 324 g/mol. The summed E-state index contributed by atoms with van der Waals surface area (Å²) in [5.74, 6) is 1.04. The van der Waals surface area contributed by atoms with Crippen LogP contribution in [0.4, 0.5) is 0 Å². The number of aryl methyl sites for hydroxylation is 2. The zero-order chi connectivity index (χ0) is 16.7. The number of hydrogen-bond donors (Lipinski definition) is 0. The van der Waals surface area contributed by atoms with Gasteiger partial charge in [0.15, 0.2) is 0 Å². The van der Waals surface area contributed by atoms with Gasteiger partial charge in [0.05, 0.1) is 10.4 Å². The summed E-state index contributed by atoms with van der Waals surface area (Å²) < 4.78 is 5.41. The van der Waals surface area contributed by atoms with E-state index >= 15 is 0 Å². The first-order valence-corrected chi connectivity index (χ1v) is 8.58. The van der Waals surface area contributed by atoms with Crippen LogP contribution in [0.5, 0.6) is 0 Å². The van der Waals surface area contributed by atoms with Crippen molar-refractivity contribution in [2.24, 2.45) is 0 Å². The summed E-state index contributed by atoms with van der Waals surface area (Å²) >= 11 is 1.62. The van der Waals surface area contributed by atoms with Crippen LogP contribution in [0.25, 0.3) is 10.7 Å². The number of pyridine rings is 1. The minimum atomic E-state index is -0.153. The first-order chi connectivity index (χ1) is 11.6. The van der Waals surface area contributed by atoms with Crippen LogP contribution in [-0.4, -0.2) is 32.5 Å². The lowest BCUT2D eigenvalue weighted by molar-refractivity contribution is 0.0377. The highest BCUT2D eigenvalue weighted by molar-refractivity contribution is 7.15. The fourth-order valence-corrected chi connectivity index (χ4v) is 3.57. The Morgan fingerprint density at radius 1 is 1.33 bits per heavy atom. The summed E-state index contributed by atoms with van der Waals surface area (Å²) in [6, 6.07) is 7.43. The summed E-state index contributed by atoms with van der Waals surface area (Å²) in [4.78, 5) is 25.3. The Hall–Kier alpha value is -2.54. The van der Waals surface area contributed by atoms with Gasteiger partial charge in [0.25, 0.3) is 5.91 Å². The van der Waals surface area contributed by atoms with Crippen LogP contribution in [0, 0.1) is 13.8 Å². The molecule has 3 aromatic rings. The monoisotopic (exact) mass is 340 g/mol. The second-order valence-electron chi connectivity index (χ2n) is 5.81. The first kappa shape index (κ1) is 15.0. The van der Waals surface area contributed by atoms with Crippen molar-refractivity contribution in [3.05, 3.63) is 52.5 Å². The van der Waals surface area contributed by atoms with Crippen LogP contribution in [0.3, 0.4) is 0 Å². The number of amides is 1. The van der Waals surface area contributed by atoms with Gasteiger partial charge >= 0.3 is 0 Å². The van der Waals surface area contributed by atoms with Crippen LogP contribution < -0.4 is 0 Å². The molecule has 1 atom stereocenters. The minimum Gasteiger partial charge on any atom is -0.337 e. The van der Waals surface area contributed by atoms with Crippen LogP contribution in [0.1, 0.15) is 39.3 Å². The summed E-state index contributed by atoms with van der Waals surface area (Å²) in [5, 5.41) is 4.06. The maximum Gasteiger partial charge on any atom is 0.256 e. The normalized spacial score (nSPS) is 16.9. The lowest BCUT2D eigenvalue weighted by atomic mass is 10.0. The highest BCUT2D eigenvalue weighted by atomic mass is 32.1. The molecule has 0 spiro atoms. The Morgan fingerprint density at radius 2 is 2.21 bits per heavy atom. The minimum absolute atomic E-state index is 0.0384. The fraction of sp³-hybridized carbons (Fsp3) is 0.294. The highest BCUT2D eigenvalue weighted by Crippen LogP contribution is 2.35.